The fourth-order valence-corrected chi connectivity index (χ4v) is 4.54. The first-order valence-electron chi connectivity index (χ1n) is 7.89. The van der Waals surface area contributed by atoms with Crippen molar-refractivity contribution in [3.63, 3.8) is 0 Å². The third kappa shape index (κ3) is 3.59. The number of benzene rings is 1. The van der Waals surface area contributed by atoms with Gasteiger partial charge in [0.2, 0.25) is 0 Å². The van der Waals surface area contributed by atoms with Gasteiger partial charge in [-0.2, -0.15) is 0 Å². The number of thiophene rings is 1. The molecule has 1 aromatic heterocycles. The standard InChI is InChI=1S/C17H23ClN2S/c1-2-9-20-10-7-13(8-11-20)19-12-16-17(18)14-5-3-4-6-15(14)21-16/h3-6,13,19H,2,7-12H2,1H3. The maximum Gasteiger partial charge on any atom is 0.0636 e. The van der Waals surface area contributed by atoms with Crippen LogP contribution in [0.1, 0.15) is 31.1 Å². The molecule has 4 heteroatoms. The van der Waals surface area contributed by atoms with Crippen LogP contribution in [0.2, 0.25) is 5.02 Å². The third-order valence-corrected chi connectivity index (χ3v) is 5.99. The molecule has 0 amide bonds. The van der Waals surface area contributed by atoms with E-state index in [0.717, 1.165) is 11.6 Å². The largest absolute Gasteiger partial charge is 0.309 e. The number of fused-ring (bicyclic) bond motifs is 1. The molecule has 2 heterocycles. The molecule has 0 bridgehead atoms. The first-order valence-corrected chi connectivity index (χ1v) is 9.09. The Morgan fingerprint density at radius 3 is 2.76 bits per heavy atom. The van der Waals surface area contributed by atoms with Crippen molar-refractivity contribution in [2.24, 2.45) is 0 Å². The molecule has 0 saturated carbocycles. The molecule has 1 fully saturated rings. The van der Waals surface area contributed by atoms with E-state index in [0.29, 0.717) is 6.04 Å². The van der Waals surface area contributed by atoms with E-state index in [9.17, 15) is 0 Å². The zero-order chi connectivity index (χ0) is 14.7. The van der Waals surface area contributed by atoms with Crippen molar-refractivity contribution in [2.75, 3.05) is 19.6 Å². The molecule has 1 aliphatic heterocycles. The monoisotopic (exact) mass is 322 g/mol. The highest BCUT2D eigenvalue weighted by atomic mass is 35.5. The van der Waals surface area contributed by atoms with Gasteiger partial charge in [0.1, 0.15) is 0 Å². The van der Waals surface area contributed by atoms with Gasteiger partial charge in [0, 0.05) is 27.5 Å². The summed E-state index contributed by atoms with van der Waals surface area (Å²) in [5, 5.41) is 5.83. The number of nitrogens with zero attached hydrogens (tertiary/aromatic N) is 1. The van der Waals surface area contributed by atoms with E-state index in [1.165, 1.54) is 53.9 Å². The minimum Gasteiger partial charge on any atom is -0.309 e. The number of hydrogen-bond donors (Lipinski definition) is 1. The Morgan fingerprint density at radius 1 is 1.29 bits per heavy atom. The van der Waals surface area contributed by atoms with Crippen LogP contribution in [0.15, 0.2) is 24.3 Å². The van der Waals surface area contributed by atoms with Crippen LogP contribution in [0.3, 0.4) is 0 Å². The third-order valence-electron chi connectivity index (χ3n) is 4.28. The van der Waals surface area contributed by atoms with Gasteiger partial charge in [-0.1, -0.05) is 36.7 Å². The summed E-state index contributed by atoms with van der Waals surface area (Å²) in [5.41, 5.74) is 0. The SMILES string of the molecule is CCCN1CCC(NCc2sc3ccccc3c2Cl)CC1. The molecule has 1 aromatic carbocycles. The fourth-order valence-electron chi connectivity index (χ4n) is 3.09. The van der Waals surface area contributed by atoms with E-state index in [1.807, 2.05) is 11.3 Å². The Labute approximate surface area is 136 Å². The highest BCUT2D eigenvalue weighted by Gasteiger charge is 2.19. The molecule has 0 spiro atoms. The van der Waals surface area contributed by atoms with E-state index in [2.05, 4.69) is 41.4 Å². The maximum absolute atomic E-state index is 6.50. The predicted molar refractivity (Wildman–Crippen MR) is 93.4 cm³/mol. The van der Waals surface area contributed by atoms with E-state index >= 15 is 0 Å². The zero-order valence-electron chi connectivity index (χ0n) is 12.6. The smallest absolute Gasteiger partial charge is 0.0636 e. The van der Waals surface area contributed by atoms with E-state index < -0.39 is 0 Å². The van der Waals surface area contributed by atoms with Gasteiger partial charge in [0.05, 0.1) is 5.02 Å². The Bertz CT molecular complexity index is 587. The molecule has 3 rings (SSSR count). The quantitative estimate of drug-likeness (QED) is 0.870. The lowest BCUT2D eigenvalue weighted by Gasteiger charge is -2.32. The highest BCUT2D eigenvalue weighted by molar-refractivity contribution is 7.19. The van der Waals surface area contributed by atoms with E-state index in [4.69, 9.17) is 11.6 Å². The van der Waals surface area contributed by atoms with Crippen LogP contribution in [0.25, 0.3) is 10.1 Å². The molecule has 114 valence electrons. The van der Waals surface area contributed by atoms with Crippen molar-refractivity contribution in [3.05, 3.63) is 34.2 Å². The second-order valence-corrected chi connectivity index (χ2v) is 7.35. The predicted octanol–water partition coefficient (Wildman–Crippen LogP) is 4.52. The normalized spacial score (nSPS) is 17.6. The lowest BCUT2D eigenvalue weighted by atomic mass is 10.0. The van der Waals surface area contributed by atoms with Crippen LogP contribution < -0.4 is 5.32 Å². The second-order valence-electron chi connectivity index (χ2n) is 5.83. The Kier molecular flexibility index (Phi) is 5.17. The topological polar surface area (TPSA) is 15.3 Å². The highest BCUT2D eigenvalue weighted by Crippen LogP contribution is 2.35. The molecule has 1 saturated heterocycles. The molecule has 0 aliphatic carbocycles. The zero-order valence-corrected chi connectivity index (χ0v) is 14.1. The Balaban J connectivity index is 1.56. The summed E-state index contributed by atoms with van der Waals surface area (Å²) in [4.78, 5) is 3.85. The summed E-state index contributed by atoms with van der Waals surface area (Å²) in [6.07, 6.45) is 3.76. The van der Waals surface area contributed by atoms with Gasteiger partial charge in [-0.25, -0.2) is 0 Å². The molecule has 0 atom stereocenters. The fraction of sp³-hybridized carbons (Fsp3) is 0.529. The first-order chi connectivity index (χ1) is 10.3. The Morgan fingerprint density at radius 2 is 2.05 bits per heavy atom. The van der Waals surface area contributed by atoms with Crippen molar-refractivity contribution in [1.82, 2.24) is 10.2 Å². The van der Waals surface area contributed by atoms with Crippen LogP contribution in [0.4, 0.5) is 0 Å². The number of piperidine rings is 1. The number of likely N-dealkylation sites (tertiary alicyclic amines) is 1. The minimum absolute atomic E-state index is 0.638. The summed E-state index contributed by atoms with van der Waals surface area (Å²) in [6.45, 7) is 6.86. The number of rotatable bonds is 5. The lowest BCUT2D eigenvalue weighted by molar-refractivity contribution is 0.197. The molecule has 21 heavy (non-hydrogen) atoms. The number of nitrogens with one attached hydrogen (secondary N) is 1. The van der Waals surface area contributed by atoms with Crippen molar-refractivity contribution >= 4 is 33.0 Å². The Hall–Kier alpha value is -0.610. The van der Waals surface area contributed by atoms with Gasteiger partial charge in [-0.15, -0.1) is 11.3 Å². The summed E-state index contributed by atoms with van der Waals surface area (Å²) in [5.74, 6) is 0. The van der Waals surface area contributed by atoms with Gasteiger partial charge in [0.15, 0.2) is 0 Å². The average molecular weight is 323 g/mol. The summed E-state index contributed by atoms with van der Waals surface area (Å²) >= 11 is 8.32. The van der Waals surface area contributed by atoms with Gasteiger partial charge >= 0.3 is 0 Å². The number of halogens is 1. The number of hydrogen-bond acceptors (Lipinski definition) is 3. The van der Waals surface area contributed by atoms with Crippen molar-refractivity contribution in [3.8, 4) is 0 Å². The van der Waals surface area contributed by atoms with E-state index in [-0.39, 0.29) is 0 Å². The molecular formula is C17H23ClN2S. The van der Waals surface area contributed by atoms with Crippen molar-refractivity contribution in [1.29, 1.82) is 0 Å². The van der Waals surface area contributed by atoms with Crippen LogP contribution in [-0.4, -0.2) is 30.6 Å². The van der Waals surface area contributed by atoms with Crippen LogP contribution in [0.5, 0.6) is 0 Å². The maximum atomic E-state index is 6.50. The molecular weight excluding hydrogens is 300 g/mol. The summed E-state index contributed by atoms with van der Waals surface area (Å²) < 4.78 is 1.29. The van der Waals surface area contributed by atoms with Gasteiger partial charge in [-0.3, -0.25) is 0 Å². The van der Waals surface area contributed by atoms with Crippen molar-refractivity contribution in [2.45, 2.75) is 38.8 Å². The molecule has 0 radical (unpaired) electrons. The molecule has 2 nitrogen and oxygen atoms in total. The lowest BCUT2D eigenvalue weighted by Crippen LogP contribution is -2.42. The summed E-state index contributed by atoms with van der Waals surface area (Å²) in [7, 11) is 0. The first kappa shape index (κ1) is 15.3. The second kappa shape index (κ2) is 7.10. The van der Waals surface area contributed by atoms with Crippen LogP contribution >= 0.6 is 22.9 Å². The van der Waals surface area contributed by atoms with Gasteiger partial charge in [-0.05, 0) is 45.0 Å². The molecule has 1 aliphatic rings. The minimum atomic E-state index is 0.638. The van der Waals surface area contributed by atoms with Crippen LogP contribution in [0, 0.1) is 0 Å². The van der Waals surface area contributed by atoms with Crippen LogP contribution in [-0.2, 0) is 6.54 Å². The molecule has 1 N–H and O–H groups in total. The van der Waals surface area contributed by atoms with Gasteiger partial charge in [0.25, 0.3) is 0 Å². The average Bonchev–Trinajstić information content (AvgIpc) is 2.84. The van der Waals surface area contributed by atoms with E-state index in [1.54, 1.807) is 0 Å². The molecule has 0 unspecified atom stereocenters. The molecule has 2 aromatic rings. The summed E-state index contributed by atoms with van der Waals surface area (Å²) in [6, 6.07) is 9.04. The van der Waals surface area contributed by atoms with Gasteiger partial charge < -0.3 is 10.2 Å². The van der Waals surface area contributed by atoms with Crippen molar-refractivity contribution < 1.29 is 0 Å².